The predicted molar refractivity (Wildman–Crippen MR) is 290 cm³/mol. The molecule has 74 heavy (non-hydrogen) atoms. The normalized spacial score (nSPS) is 13.6. The van der Waals surface area contributed by atoms with E-state index in [0.29, 0.717) is 61.5 Å². The summed E-state index contributed by atoms with van der Waals surface area (Å²) in [7, 11) is 0. The van der Waals surface area contributed by atoms with E-state index < -0.39 is 5.97 Å². The first-order chi connectivity index (χ1) is 36.1. The number of nitriles is 1. The van der Waals surface area contributed by atoms with Crippen molar-refractivity contribution in [3.63, 3.8) is 0 Å². The number of carbonyl (C=O) groups is 3. The third-order valence-corrected chi connectivity index (χ3v) is 14.8. The monoisotopic (exact) mass is 1030 g/mol. The summed E-state index contributed by atoms with van der Waals surface area (Å²) in [4.78, 5) is 46.4. The molecule has 15 heteroatoms. The summed E-state index contributed by atoms with van der Waals surface area (Å²) in [5.74, 6) is 0.111. The Bertz CT molecular complexity index is 3010. The summed E-state index contributed by atoms with van der Waals surface area (Å²) in [6, 6.07) is 16.9. The van der Waals surface area contributed by atoms with Crippen LogP contribution >= 0.6 is 11.3 Å². The molecule has 0 radical (unpaired) electrons. The fourth-order valence-electron chi connectivity index (χ4n) is 10.5. The smallest absolute Gasteiger partial charge is 0.336 e. The Balaban J connectivity index is 0.887. The van der Waals surface area contributed by atoms with Crippen LogP contribution in [0.25, 0.3) is 21.4 Å². The van der Waals surface area contributed by atoms with Crippen LogP contribution in [0, 0.1) is 11.3 Å². The lowest BCUT2D eigenvalue weighted by atomic mass is 9.82. The maximum Gasteiger partial charge on any atom is 0.336 e. The van der Waals surface area contributed by atoms with Gasteiger partial charge in [0.15, 0.2) is 5.01 Å². The molecule has 8 rings (SSSR count). The lowest BCUT2D eigenvalue weighted by molar-refractivity contribution is -0.117. The molecule has 392 valence electrons. The van der Waals surface area contributed by atoms with Gasteiger partial charge >= 0.3 is 5.97 Å². The summed E-state index contributed by atoms with van der Waals surface area (Å²) in [5.41, 5.74) is 11.6. The van der Waals surface area contributed by atoms with Crippen LogP contribution in [0.1, 0.15) is 145 Å². The molecule has 0 spiro atoms. The first-order valence-electron chi connectivity index (χ1n) is 26.7. The van der Waals surface area contributed by atoms with Crippen molar-refractivity contribution in [3.8, 4) is 17.6 Å². The van der Waals surface area contributed by atoms with Gasteiger partial charge in [-0.05, 0) is 142 Å². The van der Waals surface area contributed by atoms with Crippen LogP contribution in [-0.4, -0.2) is 100 Å². The van der Waals surface area contributed by atoms with Crippen LogP contribution in [0.3, 0.4) is 0 Å². The van der Waals surface area contributed by atoms with E-state index in [1.54, 1.807) is 30.3 Å². The molecule has 2 amide bonds. The van der Waals surface area contributed by atoms with Gasteiger partial charge in [0, 0.05) is 64.1 Å². The van der Waals surface area contributed by atoms with Gasteiger partial charge < -0.3 is 44.3 Å². The van der Waals surface area contributed by atoms with Crippen LogP contribution in [0.2, 0.25) is 0 Å². The molecule has 0 saturated heterocycles. The van der Waals surface area contributed by atoms with E-state index in [1.807, 2.05) is 12.1 Å². The van der Waals surface area contributed by atoms with Crippen LogP contribution in [0.15, 0.2) is 48.5 Å². The average Bonchev–Trinajstić information content (AvgIpc) is 3.70. The number of aromatic nitrogens is 1. The first kappa shape index (κ1) is 54.1. The van der Waals surface area contributed by atoms with Gasteiger partial charge in [0.25, 0.3) is 5.91 Å². The number of carboxylic acids is 1. The third-order valence-electron chi connectivity index (χ3n) is 13.9. The Kier molecular flexibility index (Phi) is 19.3. The number of nitrogens with one attached hydrogen (secondary N) is 2. The number of rotatable bonds is 26. The van der Waals surface area contributed by atoms with E-state index >= 15 is 0 Å². The van der Waals surface area contributed by atoms with Crippen molar-refractivity contribution in [1.29, 1.82) is 5.26 Å². The van der Waals surface area contributed by atoms with E-state index in [-0.39, 0.29) is 43.6 Å². The highest BCUT2D eigenvalue weighted by atomic mass is 32.1. The number of benzene rings is 4. The summed E-state index contributed by atoms with van der Waals surface area (Å²) in [6.07, 6.45) is 12.3. The molecule has 3 N–H and O–H groups in total. The Labute approximate surface area is 438 Å². The highest BCUT2D eigenvalue weighted by Gasteiger charge is 2.34. The van der Waals surface area contributed by atoms with Gasteiger partial charge in [0.1, 0.15) is 17.6 Å². The maximum absolute atomic E-state index is 13.9. The van der Waals surface area contributed by atoms with Crippen LogP contribution in [0.5, 0.6) is 11.5 Å². The number of amides is 2. The summed E-state index contributed by atoms with van der Waals surface area (Å²) < 4.78 is 30.8. The van der Waals surface area contributed by atoms with Gasteiger partial charge in [-0.1, -0.05) is 38.7 Å². The van der Waals surface area contributed by atoms with Crippen molar-refractivity contribution in [3.05, 3.63) is 108 Å². The predicted octanol–water partition coefficient (Wildman–Crippen LogP) is 9.40. The molecule has 3 aliphatic heterocycles. The first-order valence-corrected chi connectivity index (χ1v) is 27.5. The standard InChI is InChI=1S/C59H71N5O9S/c1-5-7-9-13-39-33-47-54(48-34-40-14-10-11-23-64-24-12-16-45(55(40)64)57(48)73-56(47)44(15-8-6-2)53(39)38(3)4)46-35-41(17-19-43(46)59(67)68)58(66)61-22-26-70-28-30-72-32-31-71-29-27-69-25-21-51(65)62-42-18-20-49-50(36-42)74-52(37-60)63-49/h17-20,33-36H,5-16,21-32H2,1-4H3,(H,61,66)(H,62,65)(H,67,68). The minimum absolute atomic E-state index is 0.144. The van der Waals surface area contributed by atoms with Crippen molar-refractivity contribution in [1.82, 2.24) is 10.3 Å². The Morgan fingerprint density at radius 2 is 1.55 bits per heavy atom. The molecular weight excluding hydrogens is 955 g/mol. The highest BCUT2D eigenvalue weighted by molar-refractivity contribution is 7.19. The summed E-state index contributed by atoms with van der Waals surface area (Å²) >= 11 is 1.28. The van der Waals surface area contributed by atoms with E-state index in [0.717, 1.165) is 128 Å². The molecule has 0 unspecified atom stereocenters. The fraction of sp³-hybridized carbons (Fsp3) is 0.475. The van der Waals surface area contributed by atoms with Crippen molar-refractivity contribution >= 4 is 61.9 Å². The fourth-order valence-corrected chi connectivity index (χ4v) is 11.3. The number of carbonyl (C=O) groups excluding carboxylic acids is 2. The number of aryl methyl sites for hydroxylation is 2. The molecule has 1 aromatic heterocycles. The maximum atomic E-state index is 13.9. The Morgan fingerprint density at radius 3 is 2.28 bits per heavy atom. The molecule has 0 aliphatic carbocycles. The number of thiazole rings is 1. The Hall–Kier alpha value is -6.15. The largest absolute Gasteiger partial charge is 0.478 e. The summed E-state index contributed by atoms with van der Waals surface area (Å²) in [6.45, 7) is 13.8. The molecular formula is C59H71N5O9S. The van der Waals surface area contributed by atoms with Gasteiger partial charge in [0.05, 0.1) is 75.1 Å². The number of ether oxygens (including phenoxy) is 5. The molecule has 0 saturated carbocycles. The van der Waals surface area contributed by atoms with Gasteiger partial charge in [-0.15, -0.1) is 11.3 Å². The van der Waals surface area contributed by atoms with Crippen LogP contribution in [-0.2, 0) is 49.4 Å². The zero-order valence-corrected chi connectivity index (χ0v) is 44.4. The minimum Gasteiger partial charge on any atom is -0.478 e. The van der Waals surface area contributed by atoms with Crippen molar-refractivity contribution in [2.45, 2.75) is 111 Å². The van der Waals surface area contributed by atoms with E-state index in [9.17, 15) is 19.5 Å². The number of carboxylic acid groups (broad SMARTS) is 1. The SMILES string of the molecule is CCCCCc1cc2c(c(CCCC)c1=C(C)C)Oc1c(cc3c4c1CCCN4CCCC3)C=2c1cc(C(=O)NCCOCCOCCOCCOCCC(=O)Nc2ccc3nc(C#N)sc3c2)ccc1C(=O)O. The number of hydrogen-bond acceptors (Lipinski definition) is 12. The zero-order valence-electron chi connectivity index (χ0n) is 43.6. The topological polar surface area (TPSA) is 182 Å². The molecule has 0 fully saturated rings. The zero-order chi connectivity index (χ0) is 52.0. The van der Waals surface area contributed by atoms with Gasteiger partial charge in [-0.3, -0.25) is 9.59 Å². The Morgan fingerprint density at radius 1 is 0.811 bits per heavy atom. The number of nitrogens with zero attached hydrogens (tertiary/aromatic N) is 3. The molecule has 0 atom stereocenters. The second-order valence-electron chi connectivity index (χ2n) is 19.5. The highest BCUT2D eigenvalue weighted by Crippen LogP contribution is 2.48. The minimum atomic E-state index is -1.05. The number of anilines is 2. The van der Waals surface area contributed by atoms with Gasteiger partial charge in [-0.2, -0.15) is 5.26 Å². The lowest BCUT2D eigenvalue weighted by Gasteiger charge is -2.36. The van der Waals surface area contributed by atoms with E-state index in [2.05, 4.69) is 60.3 Å². The third kappa shape index (κ3) is 13.0. The summed E-state index contributed by atoms with van der Waals surface area (Å²) in [5, 5.41) is 28.4. The quantitative estimate of drug-likeness (QED) is 0.0439. The molecule has 4 aromatic carbocycles. The van der Waals surface area contributed by atoms with Crippen LogP contribution in [0.4, 0.5) is 11.4 Å². The second kappa shape index (κ2) is 26.4. The molecule has 14 nitrogen and oxygen atoms in total. The molecule has 0 bridgehead atoms. The van der Waals surface area contributed by atoms with Gasteiger partial charge in [0.2, 0.25) is 5.91 Å². The lowest BCUT2D eigenvalue weighted by Crippen LogP contribution is -2.32. The van der Waals surface area contributed by atoms with E-state index in [4.69, 9.17) is 28.9 Å². The molecule has 5 aromatic rings. The number of hydrogen-bond donors (Lipinski definition) is 3. The number of aromatic carboxylic acids is 1. The van der Waals surface area contributed by atoms with Crippen molar-refractivity contribution < 1.29 is 43.2 Å². The molecule has 3 aliphatic rings. The average molecular weight is 1030 g/mol. The van der Waals surface area contributed by atoms with E-state index in [1.165, 1.54) is 50.1 Å². The van der Waals surface area contributed by atoms with Crippen LogP contribution < -0.4 is 30.7 Å². The molecule has 4 heterocycles. The number of fused-ring (bicyclic) bond motifs is 4. The van der Waals surface area contributed by atoms with Crippen molar-refractivity contribution in [2.24, 2.45) is 0 Å². The van der Waals surface area contributed by atoms with Crippen molar-refractivity contribution in [2.75, 3.05) is 82.7 Å². The second-order valence-corrected chi connectivity index (χ2v) is 20.5. The van der Waals surface area contributed by atoms with Gasteiger partial charge in [-0.25, -0.2) is 9.78 Å². The number of unbranched alkanes of at least 4 members (excludes halogenated alkanes) is 3.